The van der Waals surface area contributed by atoms with Gasteiger partial charge in [-0.1, -0.05) is 6.92 Å². The van der Waals surface area contributed by atoms with Gasteiger partial charge in [-0.05, 0) is 39.4 Å². The lowest BCUT2D eigenvalue weighted by atomic mass is 10.1. The van der Waals surface area contributed by atoms with Crippen molar-refractivity contribution in [1.29, 1.82) is 0 Å². The zero-order valence-corrected chi connectivity index (χ0v) is 13.7. The van der Waals surface area contributed by atoms with Gasteiger partial charge in [0.15, 0.2) is 0 Å². The second kappa shape index (κ2) is 6.43. The van der Waals surface area contributed by atoms with E-state index in [1.165, 1.54) is 0 Å². The molecule has 1 aliphatic rings. The monoisotopic (exact) mass is 290 g/mol. The minimum absolute atomic E-state index is 0.107. The van der Waals surface area contributed by atoms with Crippen molar-refractivity contribution in [2.24, 2.45) is 0 Å². The number of rotatable bonds is 3. The van der Waals surface area contributed by atoms with Crippen LogP contribution < -0.4 is 5.32 Å². The molecular formula is C16H26N4O. The molecule has 1 saturated heterocycles. The quantitative estimate of drug-likeness (QED) is 0.923. The van der Waals surface area contributed by atoms with Crippen LogP contribution in [0.15, 0.2) is 12.1 Å². The van der Waals surface area contributed by atoms with Crippen LogP contribution in [0.1, 0.15) is 36.8 Å². The summed E-state index contributed by atoms with van der Waals surface area (Å²) < 4.78 is 0. The molecule has 2 rings (SSSR count). The Kier molecular flexibility index (Phi) is 4.83. The normalized spacial score (nSPS) is 23.2. The number of amides is 1. The fourth-order valence-electron chi connectivity index (χ4n) is 2.77. The first-order valence-corrected chi connectivity index (χ1v) is 7.66. The molecule has 1 amide bonds. The number of anilines is 1. The fourth-order valence-corrected chi connectivity index (χ4v) is 2.77. The highest BCUT2D eigenvalue weighted by molar-refractivity contribution is 5.95. The van der Waals surface area contributed by atoms with Gasteiger partial charge in [0.1, 0.15) is 5.82 Å². The number of aromatic nitrogens is 1. The maximum absolute atomic E-state index is 12.8. The molecule has 5 nitrogen and oxygen atoms in total. The summed E-state index contributed by atoms with van der Waals surface area (Å²) in [6, 6.07) is 4.52. The van der Waals surface area contributed by atoms with Crippen molar-refractivity contribution >= 4 is 11.7 Å². The highest BCUT2D eigenvalue weighted by Gasteiger charge is 2.30. The van der Waals surface area contributed by atoms with E-state index in [9.17, 15) is 4.79 Å². The topological polar surface area (TPSA) is 48.5 Å². The van der Waals surface area contributed by atoms with Crippen LogP contribution in [0, 0.1) is 0 Å². The van der Waals surface area contributed by atoms with Crippen LogP contribution in [0.25, 0.3) is 0 Å². The van der Waals surface area contributed by atoms with Crippen molar-refractivity contribution < 1.29 is 4.79 Å². The molecule has 1 fully saturated rings. The standard InChI is InChI=1S/C16H26N4O/c1-6-14-7-13(8-15(17-4)18-14)16(21)20-9-11(2)19(5)12(3)10-20/h7-8,11-12H,6,9-10H2,1-5H3,(H,17,18). The molecule has 0 radical (unpaired) electrons. The Labute approximate surface area is 127 Å². The van der Waals surface area contributed by atoms with Crippen LogP contribution in [0.5, 0.6) is 0 Å². The Morgan fingerprint density at radius 2 is 1.95 bits per heavy atom. The lowest BCUT2D eigenvalue weighted by Crippen LogP contribution is -2.56. The molecule has 21 heavy (non-hydrogen) atoms. The number of carbonyl (C=O) groups excluding carboxylic acids is 1. The summed E-state index contributed by atoms with van der Waals surface area (Å²) in [6.07, 6.45) is 0.825. The van der Waals surface area contributed by atoms with Gasteiger partial charge in [0.2, 0.25) is 0 Å². The minimum atomic E-state index is 0.107. The van der Waals surface area contributed by atoms with Crippen LogP contribution in [0.4, 0.5) is 5.82 Å². The molecule has 2 heterocycles. The van der Waals surface area contributed by atoms with Gasteiger partial charge >= 0.3 is 0 Å². The van der Waals surface area contributed by atoms with E-state index in [0.717, 1.165) is 36.6 Å². The largest absolute Gasteiger partial charge is 0.373 e. The van der Waals surface area contributed by atoms with E-state index in [4.69, 9.17) is 0 Å². The molecule has 0 aromatic carbocycles. The average Bonchev–Trinajstić information content (AvgIpc) is 2.50. The van der Waals surface area contributed by atoms with E-state index in [1.54, 1.807) is 0 Å². The molecule has 116 valence electrons. The Morgan fingerprint density at radius 1 is 1.33 bits per heavy atom. The summed E-state index contributed by atoms with van der Waals surface area (Å²) in [5.74, 6) is 0.864. The van der Waals surface area contributed by atoms with Crippen LogP contribution in [-0.2, 0) is 6.42 Å². The van der Waals surface area contributed by atoms with Gasteiger partial charge in [0, 0.05) is 43.5 Å². The first-order valence-electron chi connectivity index (χ1n) is 7.66. The molecule has 1 aromatic rings. The lowest BCUT2D eigenvalue weighted by Gasteiger charge is -2.42. The van der Waals surface area contributed by atoms with E-state index < -0.39 is 0 Å². The summed E-state index contributed by atoms with van der Waals surface area (Å²) in [4.78, 5) is 21.5. The number of nitrogens with zero attached hydrogens (tertiary/aromatic N) is 3. The number of nitrogens with one attached hydrogen (secondary N) is 1. The highest BCUT2D eigenvalue weighted by atomic mass is 16.2. The number of hydrogen-bond donors (Lipinski definition) is 1. The van der Waals surface area contributed by atoms with E-state index in [1.807, 2.05) is 24.1 Å². The van der Waals surface area contributed by atoms with Crippen LogP contribution in [-0.4, -0.2) is 60.0 Å². The average molecular weight is 290 g/mol. The Morgan fingerprint density at radius 3 is 2.48 bits per heavy atom. The van der Waals surface area contributed by atoms with Gasteiger partial charge in [-0.15, -0.1) is 0 Å². The first kappa shape index (κ1) is 15.8. The van der Waals surface area contributed by atoms with E-state index in [-0.39, 0.29) is 5.91 Å². The molecule has 1 aromatic heterocycles. The molecule has 1 aliphatic heterocycles. The van der Waals surface area contributed by atoms with Crippen molar-refractivity contribution in [3.8, 4) is 0 Å². The summed E-state index contributed by atoms with van der Waals surface area (Å²) in [7, 11) is 3.95. The lowest BCUT2D eigenvalue weighted by molar-refractivity contribution is 0.0414. The third kappa shape index (κ3) is 3.35. The van der Waals surface area contributed by atoms with Crippen molar-refractivity contribution in [1.82, 2.24) is 14.8 Å². The van der Waals surface area contributed by atoms with Gasteiger partial charge in [-0.2, -0.15) is 0 Å². The fraction of sp³-hybridized carbons (Fsp3) is 0.625. The highest BCUT2D eigenvalue weighted by Crippen LogP contribution is 2.18. The Bertz CT molecular complexity index is 483. The van der Waals surface area contributed by atoms with Gasteiger partial charge in [-0.25, -0.2) is 4.98 Å². The molecule has 5 heteroatoms. The summed E-state index contributed by atoms with van der Waals surface area (Å²) in [5.41, 5.74) is 1.68. The van der Waals surface area contributed by atoms with Crippen LogP contribution >= 0.6 is 0 Å². The molecule has 0 aliphatic carbocycles. The third-order valence-corrected chi connectivity index (χ3v) is 4.39. The molecule has 1 N–H and O–H groups in total. The maximum atomic E-state index is 12.8. The molecular weight excluding hydrogens is 264 g/mol. The van der Waals surface area contributed by atoms with Gasteiger partial charge in [0.25, 0.3) is 5.91 Å². The number of pyridine rings is 1. The predicted molar refractivity (Wildman–Crippen MR) is 85.8 cm³/mol. The van der Waals surface area contributed by atoms with Gasteiger partial charge in [-0.3, -0.25) is 9.69 Å². The maximum Gasteiger partial charge on any atom is 0.254 e. The second-order valence-corrected chi connectivity index (χ2v) is 5.91. The van der Waals surface area contributed by atoms with Crippen LogP contribution in [0.3, 0.4) is 0 Å². The van der Waals surface area contributed by atoms with Gasteiger partial charge < -0.3 is 10.2 Å². The molecule has 0 bridgehead atoms. The second-order valence-electron chi connectivity index (χ2n) is 5.91. The Balaban J connectivity index is 2.23. The number of carbonyl (C=O) groups is 1. The van der Waals surface area contributed by atoms with E-state index in [0.29, 0.717) is 12.1 Å². The summed E-state index contributed by atoms with van der Waals surface area (Å²) >= 11 is 0. The minimum Gasteiger partial charge on any atom is -0.373 e. The van der Waals surface area contributed by atoms with Crippen molar-refractivity contribution in [2.45, 2.75) is 39.3 Å². The van der Waals surface area contributed by atoms with Crippen molar-refractivity contribution in [2.75, 3.05) is 32.5 Å². The number of aryl methyl sites for hydroxylation is 1. The number of hydrogen-bond acceptors (Lipinski definition) is 4. The SMILES string of the molecule is CCc1cc(C(=O)N2CC(C)N(C)C(C)C2)cc(NC)n1. The molecule has 2 unspecified atom stereocenters. The number of piperazine rings is 1. The summed E-state index contributed by atoms with van der Waals surface area (Å²) in [5, 5.41) is 3.03. The van der Waals surface area contributed by atoms with E-state index in [2.05, 4.69) is 43.0 Å². The number of likely N-dealkylation sites (N-methyl/N-ethyl adjacent to an activating group) is 1. The predicted octanol–water partition coefficient (Wildman–Crippen LogP) is 1.85. The zero-order valence-electron chi connectivity index (χ0n) is 13.7. The van der Waals surface area contributed by atoms with E-state index >= 15 is 0 Å². The van der Waals surface area contributed by atoms with Crippen molar-refractivity contribution in [3.63, 3.8) is 0 Å². The smallest absolute Gasteiger partial charge is 0.254 e. The first-order chi connectivity index (χ1) is 9.96. The third-order valence-electron chi connectivity index (χ3n) is 4.39. The van der Waals surface area contributed by atoms with Crippen molar-refractivity contribution in [3.05, 3.63) is 23.4 Å². The zero-order chi connectivity index (χ0) is 15.6. The molecule has 2 atom stereocenters. The Hall–Kier alpha value is -1.62. The molecule has 0 saturated carbocycles. The van der Waals surface area contributed by atoms with Crippen LogP contribution in [0.2, 0.25) is 0 Å². The summed E-state index contributed by atoms with van der Waals surface area (Å²) in [6.45, 7) is 7.94. The van der Waals surface area contributed by atoms with Gasteiger partial charge in [0.05, 0.1) is 0 Å². The molecule has 0 spiro atoms.